The van der Waals surface area contributed by atoms with E-state index < -0.39 is 17.7 Å². The van der Waals surface area contributed by atoms with Crippen LogP contribution in [0.5, 0.6) is 0 Å². The first-order chi connectivity index (χ1) is 19.8. The number of carboxylic acids is 1. The lowest BCUT2D eigenvalue weighted by Gasteiger charge is -2.25. The van der Waals surface area contributed by atoms with Gasteiger partial charge in [0, 0.05) is 41.4 Å². The van der Waals surface area contributed by atoms with Gasteiger partial charge in [0.25, 0.3) is 0 Å². The second-order valence-electron chi connectivity index (χ2n) is 10.5. The summed E-state index contributed by atoms with van der Waals surface area (Å²) in [6.07, 6.45) is 3.56. The summed E-state index contributed by atoms with van der Waals surface area (Å²) in [5.74, 6) is -1.90. The quantitative estimate of drug-likeness (QED) is 0.291. The molecule has 0 saturated heterocycles. The molecule has 2 aromatic carbocycles. The molecule has 0 bridgehead atoms. The molecule has 2 aliphatic rings. The number of anilines is 2. The van der Waals surface area contributed by atoms with Crippen LogP contribution in [0.4, 0.5) is 15.3 Å². The Kier molecular flexibility index (Phi) is 7.08. The van der Waals surface area contributed by atoms with E-state index in [-0.39, 0.29) is 30.7 Å². The number of fused-ring (bicyclic) bond motifs is 1. The van der Waals surface area contributed by atoms with Crippen molar-refractivity contribution in [1.82, 2.24) is 9.97 Å². The first kappa shape index (κ1) is 26.8. The molecule has 6 rings (SSSR count). The van der Waals surface area contributed by atoms with E-state index >= 15 is 0 Å². The standard InChI is InChI=1S/C31H27FN4O4S/c1-35-27(37)13-19-12-21(16-33-29(19)35)24-10-7-22(32)15-25(24)26-17-41-31(34-26)36(23-8-9-23)30(40)20(14-28(38)39)11-18-5-3-2-4-6-18/h2-7,10,12,15-17,20,23H,8-9,11,13-14H2,1H3,(H,38,39)/t20-/m1/s1. The molecular formula is C31H27FN4O4S. The second-order valence-corrected chi connectivity index (χ2v) is 11.3. The second kappa shape index (κ2) is 10.9. The lowest BCUT2D eigenvalue weighted by Crippen LogP contribution is -2.39. The van der Waals surface area contributed by atoms with Gasteiger partial charge in [-0.3, -0.25) is 24.2 Å². The highest BCUT2D eigenvalue weighted by atomic mass is 32.1. The molecule has 3 heterocycles. The third-order valence-corrected chi connectivity index (χ3v) is 8.33. The van der Waals surface area contributed by atoms with Crippen molar-refractivity contribution in [2.24, 2.45) is 5.92 Å². The van der Waals surface area contributed by atoms with Gasteiger partial charge in [0.05, 0.1) is 24.5 Å². The Bertz CT molecular complexity index is 1650. The van der Waals surface area contributed by atoms with Gasteiger partial charge in [-0.25, -0.2) is 14.4 Å². The fourth-order valence-corrected chi connectivity index (χ4v) is 6.18. The Hall–Kier alpha value is -4.44. The Morgan fingerprint density at radius 2 is 1.93 bits per heavy atom. The Labute approximate surface area is 240 Å². The van der Waals surface area contributed by atoms with Gasteiger partial charge in [-0.05, 0) is 48.6 Å². The smallest absolute Gasteiger partial charge is 0.304 e. The summed E-state index contributed by atoms with van der Waals surface area (Å²) in [4.78, 5) is 50.1. The summed E-state index contributed by atoms with van der Waals surface area (Å²) in [5.41, 5.74) is 4.18. The Morgan fingerprint density at radius 3 is 2.66 bits per heavy atom. The van der Waals surface area contributed by atoms with E-state index in [0.717, 1.165) is 29.5 Å². The van der Waals surface area contributed by atoms with Gasteiger partial charge in [-0.1, -0.05) is 36.4 Å². The highest BCUT2D eigenvalue weighted by molar-refractivity contribution is 7.14. The van der Waals surface area contributed by atoms with Crippen molar-refractivity contribution >= 4 is 40.1 Å². The van der Waals surface area contributed by atoms with Gasteiger partial charge < -0.3 is 5.11 Å². The molecule has 2 aromatic heterocycles. The lowest BCUT2D eigenvalue weighted by molar-refractivity contribution is -0.140. The van der Waals surface area contributed by atoms with E-state index in [1.165, 1.54) is 28.4 Å². The Morgan fingerprint density at radius 1 is 1.15 bits per heavy atom. The normalized spacial score (nSPS) is 15.1. The number of hydrogen-bond acceptors (Lipinski definition) is 6. The SMILES string of the molecule is CN1C(=O)Cc2cc(-c3ccc(F)cc3-c3csc(N(C(=O)[C@@H](CC(=O)O)Cc4ccccc4)C4CC4)n3)cnc21. The molecule has 2 amide bonds. The van der Waals surface area contributed by atoms with Crippen LogP contribution in [0.1, 0.15) is 30.4 Å². The van der Waals surface area contributed by atoms with Crippen LogP contribution in [-0.2, 0) is 27.2 Å². The van der Waals surface area contributed by atoms with Crippen LogP contribution < -0.4 is 9.80 Å². The average molecular weight is 571 g/mol. The lowest BCUT2D eigenvalue weighted by atomic mass is 9.94. The maximum Gasteiger partial charge on any atom is 0.304 e. The number of hydrogen-bond donors (Lipinski definition) is 1. The van der Waals surface area contributed by atoms with Crippen molar-refractivity contribution in [2.45, 2.75) is 38.1 Å². The molecule has 0 radical (unpaired) electrons. The number of halogens is 1. The van der Waals surface area contributed by atoms with E-state index in [4.69, 9.17) is 4.98 Å². The number of nitrogens with zero attached hydrogens (tertiary/aromatic N) is 4. The summed E-state index contributed by atoms with van der Waals surface area (Å²) in [6.45, 7) is 0. The number of aliphatic carboxylic acids is 1. The number of benzene rings is 2. The molecule has 8 nitrogen and oxygen atoms in total. The van der Waals surface area contributed by atoms with Gasteiger partial charge in [0.15, 0.2) is 5.13 Å². The van der Waals surface area contributed by atoms with Crippen LogP contribution in [0.25, 0.3) is 22.4 Å². The number of carbonyl (C=O) groups excluding carboxylic acids is 2. The maximum absolute atomic E-state index is 14.5. The molecule has 0 spiro atoms. The fraction of sp³-hybridized carbons (Fsp3) is 0.258. The summed E-state index contributed by atoms with van der Waals surface area (Å²) >= 11 is 1.28. The van der Waals surface area contributed by atoms with Gasteiger partial charge in [-0.15, -0.1) is 11.3 Å². The monoisotopic (exact) mass is 570 g/mol. The zero-order valence-corrected chi connectivity index (χ0v) is 23.1. The summed E-state index contributed by atoms with van der Waals surface area (Å²) in [5, 5.41) is 11.8. The largest absolute Gasteiger partial charge is 0.481 e. The number of amides is 2. The molecule has 1 aliphatic heterocycles. The number of rotatable bonds is 9. The average Bonchev–Trinajstić information content (AvgIpc) is 3.59. The highest BCUT2D eigenvalue weighted by Gasteiger charge is 2.39. The van der Waals surface area contributed by atoms with E-state index in [2.05, 4.69) is 4.98 Å². The molecule has 1 N–H and O–H groups in total. The topological polar surface area (TPSA) is 104 Å². The number of carboxylic acid groups (broad SMARTS) is 1. The minimum atomic E-state index is -1.03. The molecular weight excluding hydrogens is 543 g/mol. The number of likely N-dealkylation sites (N-methyl/N-ethyl adjacent to an activating group) is 1. The number of pyridine rings is 1. The molecule has 10 heteroatoms. The van der Waals surface area contributed by atoms with Crippen LogP contribution in [0.3, 0.4) is 0 Å². The first-order valence-corrected chi connectivity index (χ1v) is 14.3. The van der Waals surface area contributed by atoms with Gasteiger partial charge in [0.1, 0.15) is 11.6 Å². The fourth-order valence-electron chi connectivity index (χ4n) is 5.28. The van der Waals surface area contributed by atoms with Gasteiger partial charge in [-0.2, -0.15) is 0 Å². The minimum Gasteiger partial charge on any atom is -0.481 e. The Balaban J connectivity index is 1.33. The summed E-state index contributed by atoms with van der Waals surface area (Å²) in [6, 6.07) is 15.7. The molecule has 41 heavy (non-hydrogen) atoms. The van der Waals surface area contributed by atoms with Crippen molar-refractivity contribution in [3.63, 3.8) is 0 Å². The molecule has 1 aliphatic carbocycles. The van der Waals surface area contributed by atoms with E-state index in [1.807, 2.05) is 36.4 Å². The molecule has 0 unspecified atom stereocenters. The third-order valence-electron chi connectivity index (χ3n) is 7.49. The number of thiazole rings is 1. The van der Waals surface area contributed by atoms with Crippen molar-refractivity contribution < 1.29 is 23.9 Å². The number of carbonyl (C=O) groups is 3. The summed E-state index contributed by atoms with van der Waals surface area (Å²) in [7, 11) is 1.69. The van der Waals surface area contributed by atoms with Crippen LogP contribution in [-0.4, -0.2) is 45.9 Å². The molecule has 208 valence electrons. The molecule has 1 fully saturated rings. The zero-order valence-electron chi connectivity index (χ0n) is 22.3. The molecule has 1 atom stereocenters. The van der Waals surface area contributed by atoms with Crippen LogP contribution >= 0.6 is 11.3 Å². The highest BCUT2D eigenvalue weighted by Crippen LogP contribution is 2.40. The van der Waals surface area contributed by atoms with E-state index in [9.17, 15) is 23.9 Å². The van der Waals surface area contributed by atoms with Gasteiger partial charge in [0.2, 0.25) is 11.8 Å². The molecule has 1 saturated carbocycles. The molecule has 4 aromatic rings. The predicted octanol–water partition coefficient (Wildman–Crippen LogP) is 5.36. The van der Waals surface area contributed by atoms with Crippen molar-refractivity contribution in [3.05, 3.63) is 83.1 Å². The maximum atomic E-state index is 14.5. The minimum absolute atomic E-state index is 0.0357. The van der Waals surface area contributed by atoms with Crippen molar-refractivity contribution in [3.8, 4) is 22.4 Å². The van der Waals surface area contributed by atoms with Crippen LogP contribution in [0.2, 0.25) is 0 Å². The van der Waals surface area contributed by atoms with Crippen LogP contribution in [0, 0.1) is 11.7 Å². The van der Waals surface area contributed by atoms with E-state index in [0.29, 0.717) is 34.2 Å². The van der Waals surface area contributed by atoms with Crippen molar-refractivity contribution in [1.29, 1.82) is 0 Å². The predicted molar refractivity (Wildman–Crippen MR) is 154 cm³/mol. The summed E-state index contributed by atoms with van der Waals surface area (Å²) < 4.78 is 14.5. The third kappa shape index (κ3) is 5.47. The number of aromatic nitrogens is 2. The van der Waals surface area contributed by atoms with Gasteiger partial charge >= 0.3 is 5.97 Å². The first-order valence-electron chi connectivity index (χ1n) is 13.4. The zero-order chi connectivity index (χ0) is 28.7. The van der Waals surface area contributed by atoms with Crippen LogP contribution in [0.15, 0.2) is 66.2 Å². The van der Waals surface area contributed by atoms with E-state index in [1.54, 1.807) is 29.6 Å². The van der Waals surface area contributed by atoms with Crippen molar-refractivity contribution in [2.75, 3.05) is 16.8 Å².